The Hall–Kier alpha value is -1.20. The summed E-state index contributed by atoms with van der Waals surface area (Å²) in [4.78, 5) is 22.6. The normalized spacial score (nSPS) is 28.5. The third-order valence-corrected chi connectivity index (χ3v) is 5.95. The van der Waals surface area contributed by atoms with Crippen LogP contribution < -0.4 is 5.73 Å². The molecule has 0 aliphatic carbocycles. The van der Waals surface area contributed by atoms with Crippen molar-refractivity contribution in [2.45, 2.75) is 44.3 Å². The summed E-state index contributed by atoms with van der Waals surface area (Å²) in [6.45, 7) is -1.36. The Balaban J connectivity index is 1.98. The number of methoxy groups -OCH3 is 1. The second-order valence-corrected chi connectivity index (χ2v) is 8.76. The van der Waals surface area contributed by atoms with E-state index in [1.807, 2.05) is 6.92 Å². The zero-order valence-corrected chi connectivity index (χ0v) is 16.4. The van der Waals surface area contributed by atoms with Crippen LogP contribution in [0.3, 0.4) is 0 Å². The summed E-state index contributed by atoms with van der Waals surface area (Å²) >= 11 is 5.01. The summed E-state index contributed by atoms with van der Waals surface area (Å²) in [5.41, 5.74) is 6.86. The molecule has 3 heterocycles. The molecule has 5 atom stereocenters. The Kier molecular flexibility index (Phi) is 5.88. The highest BCUT2D eigenvalue weighted by molar-refractivity contribution is 8.07. The first-order valence-corrected chi connectivity index (χ1v) is 10.7. The molecule has 3 rings (SSSR count). The molecule has 2 aromatic rings. The van der Waals surface area contributed by atoms with Crippen LogP contribution in [-0.4, -0.2) is 56.9 Å². The molecule has 0 saturated carbocycles. The molecule has 0 radical (unpaired) electrons. The fraction of sp³-hybridized carbons (Fsp3) is 0.643. The molecule has 0 spiro atoms. The van der Waals surface area contributed by atoms with E-state index in [9.17, 15) is 4.89 Å². The van der Waals surface area contributed by atoms with E-state index in [2.05, 4.69) is 15.0 Å². The number of hydrogen-bond donors (Lipinski definition) is 2. The second-order valence-electron chi connectivity index (χ2n) is 5.86. The molecule has 144 valence electrons. The minimum atomic E-state index is -3.39. The highest BCUT2D eigenvalue weighted by atomic mass is 32.5. The van der Waals surface area contributed by atoms with Gasteiger partial charge in [-0.25, -0.2) is 15.0 Å². The van der Waals surface area contributed by atoms with E-state index in [1.54, 1.807) is 18.0 Å². The summed E-state index contributed by atoms with van der Waals surface area (Å²) in [5, 5.41) is 0. The van der Waals surface area contributed by atoms with Gasteiger partial charge in [0.15, 0.2) is 17.7 Å². The Morgan fingerprint density at radius 2 is 2.12 bits per heavy atom. The molecule has 0 amide bonds. The number of nitrogens with two attached hydrogens (primary N) is 1. The van der Waals surface area contributed by atoms with Crippen LogP contribution in [-0.2, 0) is 30.3 Å². The Morgan fingerprint density at radius 3 is 2.77 bits per heavy atom. The van der Waals surface area contributed by atoms with Crippen LogP contribution in [0.1, 0.15) is 26.0 Å². The van der Waals surface area contributed by atoms with Crippen LogP contribution in [0.15, 0.2) is 12.7 Å². The van der Waals surface area contributed by atoms with Crippen LogP contribution >= 0.6 is 6.72 Å². The molecule has 0 bridgehead atoms. The van der Waals surface area contributed by atoms with Gasteiger partial charge in [-0.2, -0.15) is 0 Å². The first kappa shape index (κ1) is 19.6. The number of nitrogens with zero attached hydrogens (tertiary/aromatic N) is 4. The molecule has 10 nitrogen and oxygen atoms in total. The maximum absolute atomic E-state index is 10.1. The molecule has 2 unspecified atom stereocenters. The van der Waals surface area contributed by atoms with Crippen molar-refractivity contribution in [3.8, 4) is 0 Å². The Labute approximate surface area is 155 Å². The van der Waals surface area contributed by atoms with Crippen molar-refractivity contribution in [2.75, 3.05) is 20.0 Å². The molecule has 1 saturated heterocycles. The monoisotopic (exact) mass is 403 g/mol. The quantitative estimate of drug-likeness (QED) is 0.654. The third-order valence-electron chi connectivity index (χ3n) is 4.28. The highest BCUT2D eigenvalue weighted by Gasteiger charge is 2.48. The van der Waals surface area contributed by atoms with Gasteiger partial charge in [-0.3, -0.25) is 9.09 Å². The summed E-state index contributed by atoms with van der Waals surface area (Å²) in [6.07, 6.45) is 2.43. The number of nitrogen functional groups attached to an aromatic ring is 1. The van der Waals surface area contributed by atoms with Crippen LogP contribution in [0.25, 0.3) is 11.2 Å². The van der Waals surface area contributed by atoms with E-state index < -0.39 is 25.2 Å². The summed E-state index contributed by atoms with van der Waals surface area (Å²) < 4.78 is 24.2. The summed E-state index contributed by atoms with van der Waals surface area (Å²) in [7, 11) is 2.86. The standard InChI is InChI=1S/C14H22N5O5PS/c1-4-5-8-10(24-25(20,26)22-3)11(21-2)14(23-8)19-7-18-9-12(15)16-6-17-13(9)19/h6-8,10-11,14H,4-5H2,1-3H3,(H,20,26)(H2,15,16,17)/t8-,10?,11+,14-,25?/m1/s1. The van der Waals surface area contributed by atoms with E-state index in [4.69, 9.17) is 36.1 Å². The minimum Gasteiger partial charge on any atom is -0.382 e. The molecule has 0 aromatic carbocycles. The molecule has 3 N–H and O–H groups in total. The smallest absolute Gasteiger partial charge is 0.324 e. The fourth-order valence-corrected chi connectivity index (χ4v) is 4.03. The van der Waals surface area contributed by atoms with Gasteiger partial charge in [-0.1, -0.05) is 13.3 Å². The first-order valence-electron chi connectivity index (χ1n) is 8.10. The SMILES string of the molecule is CCC[C@H]1O[C@@H](n2cnc3c(N)ncnc32)[C@@H](OC)C1OP(O)(=S)OC. The lowest BCUT2D eigenvalue weighted by Gasteiger charge is -2.26. The molecule has 12 heteroatoms. The van der Waals surface area contributed by atoms with Crippen molar-refractivity contribution < 1.29 is 23.4 Å². The van der Waals surface area contributed by atoms with Crippen LogP contribution in [0.4, 0.5) is 5.82 Å². The lowest BCUT2D eigenvalue weighted by Crippen LogP contribution is -2.35. The molecule has 1 aliphatic rings. The minimum absolute atomic E-state index is 0.281. The number of fused-ring (bicyclic) bond motifs is 1. The number of ether oxygens (including phenoxy) is 2. The van der Waals surface area contributed by atoms with Crippen LogP contribution in [0.2, 0.25) is 0 Å². The molecular formula is C14H22N5O5PS. The van der Waals surface area contributed by atoms with Crippen molar-refractivity contribution in [3.63, 3.8) is 0 Å². The van der Waals surface area contributed by atoms with Crippen molar-refractivity contribution in [2.24, 2.45) is 0 Å². The van der Waals surface area contributed by atoms with Gasteiger partial charge in [0.25, 0.3) is 0 Å². The van der Waals surface area contributed by atoms with Crippen molar-refractivity contribution in [1.29, 1.82) is 0 Å². The van der Waals surface area contributed by atoms with Gasteiger partial charge in [0, 0.05) is 14.2 Å². The van der Waals surface area contributed by atoms with Gasteiger partial charge < -0.3 is 24.6 Å². The maximum Gasteiger partial charge on any atom is 0.324 e. The number of imidazole rings is 1. The second kappa shape index (κ2) is 7.81. The van der Waals surface area contributed by atoms with Crippen LogP contribution in [0.5, 0.6) is 0 Å². The molecular weight excluding hydrogens is 381 g/mol. The third kappa shape index (κ3) is 3.61. The topological polar surface area (TPSA) is 127 Å². The lowest BCUT2D eigenvalue weighted by atomic mass is 10.1. The van der Waals surface area contributed by atoms with E-state index >= 15 is 0 Å². The average molecular weight is 403 g/mol. The summed E-state index contributed by atoms with van der Waals surface area (Å²) in [6, 6.07) is 0. The van der Waals surface area contributed by atoms with Crippen LogP contribution in [0, 0.1) is 0 Å². The predicted octanol–water partition coefficient (Wildman–Crippen LogP) is 1.37. The van der Waals surface area contributed by atoms with E-state index in [-0.39, 0.29) is 11.9 Å². The van der Waals surface area contributed by atoms with E-state index in [1.165, 1.54) is 13.4 Å². The van der Waals surface area contributed by atoms with Gasteiger partial charge in [-0.15, -0.1) is 0 Å². The molecule has 2 aromatic heterocycles. The zero-order valence-electron chi connectivity index (χ0n) is 14.7. The molecule has 1 fully saturated rings. The lowest BCUT2D eigenvalue weighted by molar-refractivity contribution is -0.0502. The maximum atomic E-state index is 10.1. The molecule has 1 aliphatic heterocycles. The predicted molar refractivity (Wildman–Crippen MR) is 97.7 cm³/mol. The zero-order chi connectivity index (χ0) is 18.9. The van der Waals surface area contributed by atoms with Crippen molar-refractivity contribution >= 4 is 35.5 Å². The van der Waals surface area contributed by atoms with Crippen molar-refractivity contribution in [3.05, 3.63) is 12.7 Å². The highest BCUT2D eigenvalue weighted by Crippen LogP contribution is 2.49. The number of hydrogen-bond acceptors (Lipinski definition) is 9. The van der Waals surface area contributed by atoms with Gasteiger partial charge in [0.1, 0.15) is 24.1 Å². The first-order chi connectivity index (χ1) is 12.4. The van der Waals surface area contributed by atoms with E-state index in [0.29, 0.717) is 17.6 Å². The average Bonchev–Trinajstić information content (AvgIpc) is 3.17. The molecule has 26 heavy (non-hydrogen) atoms. The number of anilines is 1. The largest absolute Gasteiger partial charge is 0.382 e. The number of rotatable bonds is 7. The van der Waals surface area contributed by atoms with Gasteiger partial charge in [0.05, 0.1) is 12.4 Å². The van der Waals surface area contributed by atoms with Gasteiger partial charge >= 0.3 is 6.72 Å². The van der Waals surface area contributed by atoms with E-state index in [0.717, 1.165) is 6.42 Å². The van der Waals surface area contributed by atoms with Crippen molar-refractivity contribution in [1.82, 2.24) is 19.5 Å². The fourth-order valence-electron chi connectivity index (χ4n) is 3.08. The van der Waals surface area contributed by atoms with Gasteiger partial charge in [0.2, 0.25) is 0 Å². The number of aromatic nitrogens is 4. The Morgan fingerprint density at radius 1 is 1.35 bits per heavy atom. The summed E-state index contributed by atoms with van der Waals surface area (Å²) in [5.74, 6) is 0.281. The Bertz CT molecular complexity index is 820. The van der Waals surface area contributed by atoms with Gasteiger partial charge in [-0.05, 0) is 18.2 Å².